The Bertz CT molecular complexity index is 668. The van der Waals surface area contributed by atoms with E-state index in [1.807, 2.05) is 38.7 Å². The number of carbonyl (C=O) groups is 1. The van der Waals surface area contributed by atoms with Crippen LogP contribution in [0.4, 0.5) is 0 Å². The molecule has 0 aliphatic heterocycles. The van der Waals surface area contributed by atoms with Gasteiger partial charge in [0.05, 0.1) is 12.2 Å². The molecule has 2 aliphatic rings. The molecule has 4 heteroatoms. The van der Waals surface area contributed by atoms with Crippen molar-refractivity contribution in [1.29, 1.82) is 0 Å². The zero-order valence-corrected chi connectivity index (χ0v) is 19.3. The third-order valence-electron chi connectivity index (χ3n) is 6.97. The first-order chi connectivity index (χ1) is 14.4. The number of carbonyl (C=O) groups excluding carboxylic acids is 1. The molecular weight excluding hydrogens is 374 g/mol. The number of amides is 1. The molecule has 0 aromatic rings. The first kappa shape index (κ1) is 24.7. The van der Waals surface area contributed by atoms with Crippen LogP contribution in [-0.2, 0) is 4.79 Å². The first-order valence-electron chi connectivity index (χ1n) is 11.8. The summed E-state index contributed by atoms with van der Waals surface area (Å²) in [6.45, 7) is 9.46. The van der Waals surface area contributed by atoms with Crippen LogP contribution in [0.3, 0.4) is 0 Å². The van der Waals surface area contributed by atoms with E-state index in [1.54, 1.807) is 0 Å². The summed E-state index contributed by atoms with van der Waals surface area (Å²) in [4.78, 5) is 14.0. The number of rotatable bonds is 10. The topological polar surface area (TPSA) is 60.8 Å². The van der Waals surface area contributed by atoms with Gasteiger partial charge in [0.25, 0.3) is 0 Å². The van der Waals surface area contributed by atoms with Crippen molar-refractivity contribution in [3.8, 4) is 11.8 Å². The lowest BCUT2D eigenvalue weighted by Crippen LogP contribution is -2.30. The second-order valence-corrected chi connectivity index (χ2v) is 9.02. The molecule has 30 heavy (non-hydrogen) atoms. The minimum Gasteiger partial charge on any atom is -0.392 e. The molecule has 2 fully saturated rings. The zero-order chi connectivity index (χ0) is 22.1. The van der Waals surface area contributed by atoms with Crippen LogP contribution in [0.5, 0.6) is 0 Å². The van der Waals surface area contributed by atoms with Gasteiger partial charge in [-0.25, -0.2) is 0 Å². The van der Waals surface area contributed by atoms with E-state index in [4.69, 9.17) is 0 Å². The van der Waals surface area contributed by atoms with Crippen molar-refractivity contribution in [2.24, 2.45) is 23.7 Å². The molecule has 0 aromatic carbocycles. The molecule has 2 rings (SSSR count). The van der Waals surface area contributed by atoms with Crippen molar-refractivity contribution in [3.63, 3.8) is 0 Å². The van der Waals surface area contributed by atoms with Crippen molar-refractivity contribution >= 4 is 5.91 Å². The Labute approximate surface area is 183 Å². The van der Waals surface area contributed by atoms with Crippen molar-refractivity contribution in [1.82, 2.24) is 4.90 Å². The maximum absolute atomic E-state index is 12.1. The van der Waals surface area contributed by atoms with E-state index in [0.717, 1.165) is 45.2 Å². The highest BCUT2D eigenvalue weighted by atomic mass is 16.3. The van der Waals surface area contributed by atoms with Crippen LogP contribution in [0.25, 0.3) is 0 Å². The number of aliphatic hydroxyl groups excluding tert-OH is 2. The predicted octanol–water partition coefficient (Wildman–Crippen LogP) is 4.33. The van der Waals surface area contributed by atoms with Crippen LogP contribution in [0.1, 0.15) is 72.6 Å². The van der Waals surface area contributed by atoms with Crippen molar-refractivity contribution < 1.29 is 15.0 Å². The van der Waals surface area contributed by atoms with Gasteiger partial charge in [0.2, 0.25) is 5.91 Å². The normalized spacial score (nSPS) is 28.9. The molecule has 0 heterocycles. The van der Waals surface area contributed by atoms with Gasteiger partial charge in [-0.15, -0.1) is 11.8 Å². The summed E-state index contributed by atoms with van der Waals surface area (Å²) in [6, 6.07) is 0. The Hall–Kier alpha value is -1.57. The number of hydrogen-bond donors (Lipinski definition) is 2. The van der Waals surface area contributed by atoms with Crippen LogP contribution in [0.2, 0.25) is 0 Å². The van der Waals surface area contributed by atoms with E-state index in [0.29, 0.717) is 24.7 Å². The van der Waals surface area contributed by atoms with Crippen molar-refractivity contribution in [3.05, 3.63) is 23.8 Å². The number of fused-ring (bicyclic) bond motifs is 1. The third kappa shape index (κ3) is 6.72. The second kappa shape index (κ2) is 12.3. The van der Waals surface area contributed by atoms with Crippen LogP contribution in [-0.4, -0.2) is 46.3 Å². The minimum absolute atomic E-state index is 0.0983. The fourth-order valence-electron chi connectivity index (χ4n) is 5.05. The van der Waals surface area contributed by atoms with Crippen molar-refractivity contribution in [2.75, 3.05) is 13.1 Å². The molecule has 2 aliphatic carbocycles. The monoisotopic (exact) mass is 415 g/mol. The molecule has 0 unspecified atom stereocenters. The van der Waals surface area contributed by atoms with Gasteiger partial charge in [-0.2, -0.15) is 0 Å². The molecule has 0 aromatic heterocycles. The standard InChI is InChI=1S/C26H41NO3/c1-5-8-11-19(4)24(28)15-14-22-23-17-20(16-21(23)18-25(22)29)12-9-10-13-26(30)27(6-2)7-3/h12,14-15,19,21-25,28-29H,6-7,9-11,13,16-18H2,1-4H3/b15-14+,20-12+/t19-,21-,22+,23-,24+,25+/m0/s1. The molecule has 0 radical (unpaired) electrons. The number of hydrogen-bond acceptors (Lipinski definition) is 3. The lowest BCUT2D eigenvalue weighted by atomic mass is 9.89. The number of nitrogens with zero attached hydrogens (tertiary/aromatic N) is 1. The first-order valence-corrected chi connectivity index (χ1v) is 11.8. The SMILES string of the molecule is CC#CC[C@H](C)[C@H](O)/C=C/[C@@H]1[C@H]2C/C(=C/CCCC(=O)N(CC)CC)C[C@H]2C[C@H]1O. The summed E-state index contributed by atoms with van der Waals surface area (Å²) >= 11 is 0. The highest BCUT2D eigenvalue weighted by molar-refractivity contribution is 5.76. The van der Waals surface area contributed by atoms with Gasteiger partial charge in [-0.3, -0.25) is 4.79 Å². The summed E-state index contributed by atoms with van der Waals surface area (Å²) in [6.07, 6.45) is 11.6. The fourth-order valence-corrected chi connectivity index (χ4v) is 5.05. The minimum atomic E-state index is -0.517. The second-order valence-electron chi connectivity index (χ2n) is 9.02. The highest BCUT2D eigenvalue weighted by Gasteiger charge is 2.44. The van der Waals surface area contributed by atoms with Gasteiger partial charge in [0.1, 0.15) is 0 Å². The predicted molar refractivity (Wildman–Crippen MR) is 123 cm³/mol. The van der Waals surface area contributed by atoms with E-state index >= 15 is 0 Å². The molecular formula is C26H41NO3. The molecule has 2 saturated carbocycles. The molecule has 0 spiro atoms. The van der Waals surface area contributed by atoms with Crippen molar-refractivity contribution in [2.45, 2.75) is 84.8 Å². The Morgan fingerprint density at radius 2 is 2.03 bits per heavy atom. The molecule has 2 N–H and O–H groups in total. The largest absolute Gasteiger partial charge is 0.392 e. The van der Waals surface area contributed by atoms with E-state index < -0.39 is 6.10 Å². The fraction of sp³-hybridized carbons (Fsp3) is 0.731. The van der Waals surface area contributed by atoms with Gasteiger partial charge in [-0.1, -0.05) is 30.7 Å². The molecule has 4 nitrogen and oxygen atoms in total. The maximum Gasteiger partial charge on any atom is 0.222 e. The summed E-state index contributed by atoms with van der Waals surface area (Å²) in [5, 5.41) is 20.9. The van der Waals surface area contributed by atoms with Gasteiger partial charge < -0.3 is 15.1 Å². The van der Waals surface area contributed by atoms with Crippen LogP contribution >= 0.6 is 0 Å². The average molecular weight is 416 g/mol. The Morgan fingerprint density at radius 3 is 2.70 bits per heavy atom. The van der Waals surface area contributed by atoms with E-state index in [2.05, 4.69) is 24.0 Å². The van der Waals surface area contributed by atoms with Gasteiger partial charge in [-0.05, 0) is 70.6 Å². The lowest BCUT2D eigenvalue weighted by molar-refractivity contribution is -0.130. The lowest BCUT2D eigenvalue weighted by Gasteiger charge is -2.19. The quantitative estimate of drug-likeness (QED) is 0.317. The molecule has 0 saturated heterocycles. The van der Waals surface area contributed by atoms with Crippen LogP contribution in [0, 0.1) is 35.5 Å². The Kier molecular flexibility index (Phi) is 10.1. The van der Waals surface area contributed by atoms with Gasteiger partial charge >= 0.3 is 0 Å². The number of aliphatic hydroxyl groups is 2. The highest BCUT2D eigenvalue weighted by Crippen LogP contribution is 2.50. The van der Waals surface area contributed by atoms with E-state index in [9.17, 15) is 15.0 Å². The van der Waals surface area contributed by atoms with E-state index in [-0.39, 0.29) is 23.8 Å². The molecule has 168 valence electrons. The van der Waals surface area contributed by atoms with Gasteiger partial charge in [0, 0.05) is 31.8 Å². The Balaban J connectivity index is 1.84. The van der Waals surface area contributed by atoms with Crippen LogP contribution in [0.15, 0.2) is 23.8 Å². The van der Waals surface area contributed by atoms with Gasteiger partial charge in [0.15, 0.2) is 0 Å². The zero-order valence-electron chi connectivity index (χ0n) is 19.3. The van der Waals surface area contributed by atoms with Crippen LogP contribution < -0.4 is 0 Å². The third-order valence-corrected chi connectivity index (χ3v) is 6.97. The maximum atomic E-state index is 12.1. The summed E-state index contributed by atoms with van der Waals surface area (Å²) in [7, 11) is 0. The summed E-state index contributed by atoms with van der Waals surface area (Å²) in [5.74, 6) is 7.40. The molecule has 1 amide bonds. The number of unbranched alkanes of at least 4 members (excludes halogenated alkanes) is 1. The molecule has 0 bridgehead atoms. The molecule has 6 atom stereocenters. The summed E-state index contributed by atoms with van der Waals surface area (Å²) < 4.78 is 0. The summed E-state index contributed by atoms with van der Waals surface area (Å²) in [5.41, 5.74) is 1.48. The smallest absolute Gasteiger partial charge is 0.222 e. The Morgan fingerprint density at radius 1 is 1.30 bits per heavy atom. The number of allylic oxidation sites excluding steroid dienone is 2. The van der Waals surface area contributed by atoms with E-state index in [1.165, 1.54) is 5.57 Å². The average Bonchev–Trinajstić information content (AvgIpc) is 3.24.